The first-order chi connectivity index (χ1) is 6.88. The Kier molecular flexibility index (Phi) is 3.44. The minimum atomic E-state index is 0.709. The van der Waals surface area contributed by atoms with Crippen molar-refractivity contribution in [2.75, 3.05) is 19.0 Å². The highest BCUT2D eigenvalue weighted by Gasteiger charge is 2.21. The van der Waals surface area contributed by atoms with Crippen LogP contribution in [0.25, 0.3) is 0 Å². The van der Waals surface area contributed by atoms with E-state index < -0.39 is 0 Å². The van der Waals surface area contributed by atoms with E-state index >= 15 is 0 Å². The fourth-order valence-corrected chi connectivity index (χ4v) is 2.28. The van der Waals surface area contributed by atoms with Crippen molar-refractivity contribution in [1.82, 2.24) is 4.90 Å². The molecular formula is C12H16ClN. The van der Waals surface area contributed by atoms with Gasteiger partial charge in [-0.2, -0.15) is 0 Å². The van der Waals surface area contributed by atoms with Crippen LogP contribution in [0.1, 0.15) is 12.0 Å². The maximum absolute atomic E-state index is 5.85. The first-order valence-corrected chi connectivity index (χ1v) is 5.74. The number of rotatable bonds is 3. The Hall–Kier alpha value is -0.530. The minimum Gasteiger partial charge on any atom is -0.299 e. The summed E-state index contributed by atoms with van der Waals surface area (Å²) in [6, 6.07) is 10.6. The number of alkyl halides is 1. The van der Waals surface area contributed by atoms with Crippen molar-refractivity contribution in [3.63, 3.8) is 0 Å². The van der Waals surface area contributed by atoms with E-state index in [2.05, 4.69) is 35.2 Å². The highest BCUT2D eigenvalue weighted by atomic mass is 35.5. The molecule has 0 unspecified atom stereocenters. The molecule has 1 fully saturated rings. The predicted octanol–water partition coefficient (Wildman–Crippen LogP) is 2.75. The quantitative estimate of drug-likeness (QED) is 0.692. The molecular weight excluding hydrogens is 194 g/mol. The lowest BCUT2D eigenvalue weighted by Gasteiger charge is -2.15. The van der Waals surface area contributed by atoms with Crippen LogP contribution in [0, 0.1) is 5.92 Å². The second-order valence-electron chi connectivity index (χ2n) is 4.03. The average molecular weight is 210 g/mol. The Labute approximate surface area is 90.7 Å². The Balaban J connectivity index is 1.88. The normalized spacial score (nSPS) is 22.8. The van der Waals surface area contributed by atoms with Gasteiger partial charge in [0.15, 0.2) is 0 Å². The van der Waals surface area contributed by atoms with Gasteiger partial charge in [0.25, 0.3) is 0 Å². The van der Waals surface area contributed by atoms with Crippen LogP contribution < -0.4 is 0 Å². The Morgan fingerprint density at radius 2 is 2.07 bits per heavy atom. The van der Waals surface area contributed by atoms with Gasteiger partial charge in [0, 0.05) is 19.0 Å². The van der Waals surface area contributed by atoms with E-state index in [-0.39, 0.29) is 0 Å². The summed E-state index contributed by atoms with van der Waals surface area (Å²) in [6.45, 7) is 3.44. The zero-order valence-electron chi connectivity index (χ0n) is 8.32. The molecule has 1 saturated heterocycles. The van der Waals surface area contributed by atoms with Gasteiger partial charge in [0.05, 0.1) is 0 Å². The minimum absolute atomic E-state index is 0.709. The van der Waals surface area contributed by atoms with E-state index in [0.717, 1.165) is 12.4 Å². The molecule has 0 saturated carbocycles. The first-order valence-electron chi connectivity index (χ1n) is 5.20. The smallest absolute Gasteiger partial charge is 0.0264 e. The summed E-state index contributed by atoms with van der Waals surface area (Å²) in [6.07, 6.45) is 1.26. The summed E-state index contributed by atoms with van der Waals surface area (Å²) in [7, 11) is 0. The third kappa shape index (κ3) is 2.49. The number of hydrogen-bond acceptors (Lipinski definition) is 1. The molecule has 0 radical (unpaired) electrons. The number of hydrogen-bond donors (Lipinski definition) is 0. The van der Waals surface area contributed by atoms with Gasteiger partial charge in [0.1, 0.15) is 0 Å². The van der Waals surface area contributed by atoms with E-state index in [1.54, 1.807) is 0 Å². The van der Waals surface area contributed by atoms with Gasteiger partial charge in [-0.3, -0.25) is 4.90 Å². The maximum atomic E-state index is 5.85. The first kappa shape index (κ1) is 10.0. The Morgan fingerprint density at radius 1 is 1.29 bits per heavy atom. The second kappa shape index (κ2) is 4.81. The van der Waals surface area contributed by atoms with E-state index in [1.807, 2.05) is 0 Å². The third-order valence-electron chi connectivity index (χ3n) is 2.84. The van der Waals surface area contributed by atoms with Gasteiger partial charge in [-0.05, 0) is 24.4 Å². The fraction of sp³-hybridized carbons (Fsp3) is 0.500. The highest BCUT2D eigenvalue weighted by Crippen LogP contribution is 2.19. The van der Waals surface area contributed by atoms with Crippen molar-refractivity contribution in [2.45, 2.75) is 13.0 Å². The lowest BCUT2D eigenvalue weighted by molar-refractivity contribution is 0.321. The average Bonchev–Trinajstić information content (AvgIpc) is 2.67. The van der Waals surface area contributed by atoms with E-state index in [1.165, 1.54) is 25.1 Å². The Morgan fingerprint density at radius 3 is 2.71 bits per heavy atom. The molecule has 0 bridgehead atoms. The predicted molar refractivity (Wildman–Crippen MR) is 60.5 cm³/mol. The van der Waals surface area contributed by atoms with Gasteiger partial charge in [-0.15, -0.1) is 11.6 Å². The molecule has 1 aliphatic rings. The van der Waals surface area contributed by atoms with Crippen LogP contribution in [0.4, 0.5) is 0 Å². The Bertz CT molecular complexity index is 273. The summed E-state index contributed by atoms with van der Waals surface area (Å²) < 4.78 is 0. The summed E-state index contributed by atoms with van der Waals surface area (Å²) in [4.78, 5) is 2.49. The van der Waals surface area contributed by atoms with Gasteiger partial charge >= 0.3 is 0 Å². The van der Waals surface area contributed by atoms with Crippen LogP contribution in [0.15, 0.2) is 30.3 Å². The number of nitrogens with zero attached hydrogens (tertiary/aromatic N) is 1. The van der Waals surface area contributed by atoms with Crippen molar-refractivity contribution in [1.29, 1.82) is 0 Å². The van der Waals surface area contributed by atoms with Gasteiger partial charge in [0.2, 0.25) is 0 Å². The summed E-state index contributed by atoms with van der Waals surface area (Å²) >= 11 is 5.85. The molecule has 0 spiro atoms. The molecule has 2 rings (SSSR count). The van der Waals surface area contributed by atoms with Gasteiger partial charge < -0.3 is 0 Å². The molecule has 76 valence electrons. The molecule has 1 heterocycles. The van der Waals surface area contributed by atoms with Crippen molar-refractivity contribution in [3.05, 3.63) is 35.9 Å². The lowest BCUT2D eigenvalue weighted by atomic mass is 10.2. The van der Waals surface area contributed by atoms with E-state index in [0.29, 0.717) is 5.92 Å². The zero-order chi connectivity index (χ0) is 9.80. The lowest BCUT2D eigenvalue weighted by Crippen LogP contribution is -2.20. The molecule has 0 amide bonds. The SMILES string of the molecule is ClC[C@@H]1CCN(Cc2ccccc2)C1. The molecule has 0 aromatic heterocycles. The topological polar surface area (TPSA) is 3.24 Å². The molecule has 2 heteroatoms. The van der Waals surface area contributed by atoms with E-state index in [4.69, 9.17) is 11.6 Å². The van der Waals surface area contributed by atoms with Crippen LogP contribution >= 0.6 is 11.6 Å². The summed E-state index contributed by atoms with van der Waals surface area (Å²) in [5.41, 5.74) is 1.41. The third-order valence-corrected chi connectivity index (χ3v) is 3.27. The number of likely N-dealkylation sites (tertiary alicyclic amines) is 1. The largest absolute Gasteiger partial charge is 0.299 e. The molecule has 1 nitrogen and oxygen atoms in total. The van der Waals surface area contributed by atoms with E-state index in [9.17, 15) is 0 Å². The fourth-order valence-electron chi connectivity index (χ4n) is 2.02. The number of benzene rings is 1. The van der Waals surface area contributed by atoms with Gasteiger partial charge in [-0.1, -0.05) is 30.3 Å². The van der Waals surface area contributed by atoms with Crippen LogP contribution in [0.5, 0.6) is 0 Å². The van der Waals surface area contributed by atoms with Crippen molar-refractivity contribution in [3.8, 4) is 0 Å². The summed E-state index contributed by atoms with van der Waals surface area (Å²) in [5.74, 6) is 1.52. The zero-order valence-corrected chi connectivity index (χ0v) is 9.08. The van der Waals surface area contributed by atoms with Crippen molar-refractivity contribution < 1.29 is 0 Å². The molecule has 1 aliphatic heterocycles. The molecule has 0 aliphatic carbocycles. The standard InChI is InChI=1S/C12H16ClN/c13-8-12-6-7-14(10-12)9-11-4-2-1-3-5-11/h1-5,12H,6-10H2/t12-/m0/s1. The molecule has 1 atom stereocenters. The maximum Gasteiger partial charge on any atom is 0.0264 e. The van der Waals surface area contributed by atoms with Crippen LogP contribution in [0.3, 0.4) is 0 Å². The van der Waals surface area contributed by atoms with Gasteiger partial charge in [-0.25, -0.2) is 0 Å². The second-order valence-corrected chi connectivity index (χ2v) is 4.34. The molecule has 1 aromatic carbocycles. The van der Waals surface area contributed by atoms with Crippen molar-refractivity contribution in [2.24, 2.45) is 5.92 Å². The molecule has 1 aromatic rings. The van der Waals surface area contributed by atoms with Crippen LogP contribution in [0.2, 0.25) is 0 Å². The van der Waals surface area contributed by atoms with Crippen LogP contribution in [-0.4, -0.2) is 23.9 Å². The van der Waals surface area contributed by atoms with Crippen molar-refractivity contribution >= 4 is 11.6 Å². The monoisotopic (exact) mass is 209 g/mol. The summed E-state index contributed by atoms with van der Waals surface area (Å²) in [5, 5.41) is 0. The van der Waals surface area contributed by atoms with Crippen LogP contribution in [-0.2, 0) is 6.54 Å². The molecule has 0 N–H and O–H groups in total. The number of halogens is 1. The highest BCUT2D eigenvalue weighted by molar-refractivity contribution is 6.18. The molecule has 14 heavy (non-hydrogen) atoms.